The molecule has 2 amide bonds. The van der Waals surface area contributed by atoms with Crippen molar-refractivity contribution >= 4 is 11.8 Å². The van der Waals surface area contributed by atoms with Gasteiger partial charge in [0.2, 0.25) is 11.8 Å². The van der Waals surface area contributed by atoms with Crippen LogP contribution in [0.3, 0.4) is 0 Å². The van der Waals surface area contributed by atoms with Gasteiger partial charge >= 0.3 is 0 Å². The lowest BCUT2D eigenvalue weighted by Crippen LogP contribution is -2.35. The van der Waals surface area contributed by atoms with Crippen molar-refractivity contribution < 1.29 is 22.9 Å². The molecule has 1 aromatic rings. The number of aromatic nitrogens is 2. The van der Waals surface area contributed by atoms with E-state index in [0.717, 1.165) is 4.90 Å². The first-order valence-corrected chi connectivity index (χ1v) is 6.49. The number of carbonyl (C=O) groups excluding carboxylic acids is 2. The average molecular weight is 302 g/mol. The Kier molecular flexibility index (Phi) is 3.93. The van der Waals surface area contributed by atoms with Gasteiger partial charge in [0.25, 0.3) is 17.7 Å². The van der Waals surface area contributed by atoms with Crippen molar-refractivity contribution in [1.82, 2.24) is 20.4 Å². The first-order valence-electron chi connectivity index (χ1n) is 6.49. The van der Waals surface area contributed by atoms with Crippen LogP contribution < -0.4 is 5.32 Å². The molecule has 1 atom stereocenters. The molecule has 0 spiro atoms. The van der Waals surface area contributed by atoms with Crippen LogP contribution in [-0.4, -0.2) is 46.4 Å². The minimum absolute atomic E-state index is 0.153. The second-order valence-electron chi connectivity index (χ2n) is 5.23. The standard InChI is InChI=1S/C12H16F2N4O3/c1-6(2)11(20)18-5-12(13,14)4-7(18)10-16-8(17-21-10)9(19)15-3/h6-7H,4-5H2,1-3H3,(H,15,19)/t7-/m0/s1. The first-order chi connectivity index (χ1) is 9.75. The van der Waals surface area contributed by atoms with Crippen molar-refractivity contribution in [2.45, 2.75) is 32.2 Å². The van der Waals surface area contributed by atoms with Crippen LogP contribution in [0.25, 0.3) is 0 Å². The third-order valence-electron chi connectivity index (χ3n) is 3.20. The predicted molar refractivity (Wildman–Crippen MR) is 66.5 cm³/mol. The van der Waals surface area contributed by atoms with E-state index in [2.05, 4.69) is 15.5 Å². The fraction of sp³-hybridized carbons (Fsp3) is 0.667. The summed E-state index contributed by atoms with van der Waals surface area (Å²) in [6.07, 6.45) is -0.596. The van der Waals surface area contributed by atoms with Gasteiger partial charge in [0.15, 0.2) is 0 Å². The van der Waals surface area contributed by atoms with Gasteiger partial charge < -0.3 is 14.7 Å². The molecule has 1 N–H and O–H groups in total. The lowest BCUT2D eigenvalue weighted by atomic mass is 10.1. The largest absolute Gasteiger partial charge is 0.352 e. The summed E-state index contributed by atoms with van der Waals surface area (Å²) in [7, 11) is 1.39. The smallest absolute Gasteiger partial charge is 0.292 e. The zero-order valence-corrected chi connectivity index (χ0v) is 11.9. The normalized spacial score (nSPS) is 20.9. The molecule has 1 aliphatic heterocycles. The van der Waals surface area contributed by atoms with Gasteiger partial charge in [-0.2, -0.15) is 4.98 Å². The van der Waals surface area contributed by atoms with Gasteiger partial charge in [-0.25, -0.2) is 8.78 Å². The maximum atomic E-state index is 13.6. The number of nitrogens with one attached hydrogen (secondary N) is 1. The Morgan fingerprint density at radius 1 is 1.48 bits per heavy atom. The summed E-state index contributed by atoms with van der Waals surface area (Å²) in [5, 5.41) is 5.74. The number of hydrogen-bond acceptors (Lipinski definition) is 5. The third-order valence-corrected chi connectivity index (χ3v) is 3.20. The lowest BCUT2D eigenvalue weighted by Gasteiger charge is -2.23. The van der Waals surface area contributed by atoms with Gasteiger partial charge in [0.1, 0.15) is 6.04 Å². The second kappa shape index (κ2) is 5.38. The zero-order chi connectivity index (χ0) is 15.8. The topological polar surface area (TPSA) is 88.3 Å². The van der Waals surface area contributed by atoms with E-state index in [9.17, 15) is 18.4 Å². The molecule has 0 unspecified atom stereocenters. The molecular weight excluding hydrogens is 286 g/mol. The van der Waals surface area contributed by atoms with Crippen molar-refractivity contribution in [3.05, 3.63) is 11.7 Å². The number of halogens is 2. The highest BCUT2D eigenvalue weighted by Gasteiger charge is 2.50. The lowest BCUT2D eigenvalue weighted by molar-refractivity contribution is -0.137. The summed E-state index contributed by atoms with van der Waals surface area (Å²) < 4.78 is 32.1. The Hall–Kier alpha value is -2.06. The molecule has 1 aromatic heterocycles. The van der Waals surface area contributed by atoms with Crippen LogP contribution in [0.5, 0.6) is 0 Å². The SMILES string of the molecule is CNC(=O)c1noc([C@@H]2CC(F)(F)CN2C(=O)C(C)C)n1. The Morgan fingerprint density at radius 3 is 2.71 bits per heavy atom. The van der Waals surface area contributed by atoms with Crippen LogP contribution in [0.15, 0.2) is 4.52 Å². The van der Waals surface area contributed by atoms with Gasteiger partial charge in [-0.3, -0.25) is 9.59 Å². The van der Waals surface area contributed by atoms with E-state index in [1.807, 2.05) is 0 Å². The highest BCUT2D eigenvalue weighted by atomic mass is 19.3. The molecule has 0 bridgehead atoms. The minimum Gasteiger partial charge on any atom is -0.352 e. The van der Waals surface area contributed by atoms with E-state index in [1.165, 1.54) is 7.05 Å². The molecule has 2 heterocycles. The Balaban J connectivity index is 2.29. The van der Waals surface area contributed by atoms with Crippen molar-refractivity contribution in [3.8, 4) is 0 Å². The molecule has 1 fully saturated rings. The number of carbonyl (C=O) groups is 2. The molecule has 0 radical (unpaired) electrons. The summed E-state index contributed by atoms with van der Waals surface area (Å²) >= 11 is 0. The maximum absolute atomic E-state index is 13.6. The molecule has 0 aromatic carbocycles. The van der Waals surface area contributed by atoms with Gasteiger partial charge in [0.05, 0.1) is 6.54 Å². The van der Waals surface area contributed by atoms with Gasteiger partial charge in [-0.05, 0) is 0 Å². The first kappa shape index (κ1) is 15.3. The third kappa shape index (κ3) is 3.01. The molecule has 21 heavy (non-hydrogen) atoms. The minimum atomic E-state index is -3.02. The van der Waals surface area contributed by atoms with E-state index in [-0.39, 0.29) is 11.7 Å². The van der Waals surface area contributed by atoms with Crippen LogP contribution in [0, 0.1) is 5.92 Å². The monoisotopic (exact) mass is 302 g/mol. The van der Waals surface area contributed by atoms with Crippen molar-refractivity contribution in [1.29, 1.82) is 0 Å². The average Bonchev–Trinajstić information content (AvgIpc) is 3.00. The van der Waals surface area contributed by atoms with E-state index in [1.54, 1.807) is 13.8 Å². The van der Waals surface area contributed by atoms with Crippen LogP contribution in [0.2, 0.25) is 0 Å². The molecule has 1 saturated heterocycles. The van der Waals surface area contributed by atoms with Crippen LogP contribution in [0.4, 0.5) is 8.78 Å². The van der Waals surface area contributed by atoms with E-state index >= 15 is 0 Å². The van der Waals surface area contributed by atoms with E-state index < -0.39 is 42.7 Å². The molecule has 9 heteroatoms. The Labute approximate surface area is 119 Å². The van der Waals surface area contributed by atoms with Crippen molar-refractivity contribution in [2.24, 2.45) is 5.92 Å². The molecule has 0 saturated carbocycles. The maximum Gasteiger partial charge on any atom is 0.292 e. The quantitative estimate of drug-likeness (QED) is 0.899. The number of nitrogens with zero attached hydrogens (tertiary/aromatic N) is 3. The van der Waals surface area contributed by atoms with Crippen molar-refractivity contribution in [3.63, 3.8) is 0 Å². The summed E-state index contributed by atoms with van der Waals surface area (Å²) in [6.45, 7) is 2.56. The molecule has 0 aliphatic carbocycles. The highest BCUT2D eigenvalue weighted by Crippen LogP contribution is 2.41. The Morgan fingerprint density at radius 2 is 2.14 bits per heavy atom. The summed E-state index contributed by atoms with van der Waals surface area (Å²) in [6, 6.07) is -1.01. The summed E-state index contributed by atoms with van der Waals surface area (Å²) in [4.78, 5) is 28.2. The van der Waals surface area contributed by atoms with E-state index in [4.69, 9.17) is 4.52 Å². The van der Waals surface area contributed by atoms with Crippen LogP contribution in [0.1, 0.15) is 42.8 Å². The van der Waals surface area contributed by atoms with E-state index in [0.29, 0.717) is 0 Å². The van der Waals surface area contributed by atoms with Crippen LogP contribution >= 0.6 is 0 Å². The van der Waals surface area contributed by atoms with Crippen molar-refractivity contribution in [2.75, 3.05) is 13.6 Å². The van der Waals surface area contributed by atoms with Gasteiger partial charge in [-0.15, -0.1) is 0 Å². The Bertz CT molecular complexity index is 558. The molecular formula is C12H16F2N4O3. The molecule has 7 nitrogen and oxygen atoms in total. The molecule has 1 aliphatic rings. The number of rotatable bonds is 3. The fourth-order valence-corrected chi connectivity index (χ4v) is 2.18. The number of hydrogen-bond donors (Lipinski definition) is 1. The number of likely N-dealkylation sites (tertiary alicyclic amines) is 1. The fourth-order valence-electron chi connectivity index (χ4n) is 2.18. The van der Waals surface area contributed by atoms with Crippen LogP contribution in [-0.2, 0) is 4.79 Å². The summed E-state index contributed by atoms with van der Waals surface area (Å²) in [5.41, 5.74) is 0. The molecule has 116 valence electrons. The predicted octanol–water partition coefficient (Wildman–Crippen LogP) is 0.994. The molecule has 2 rings (SSSR count). The zero-order valence-electron chi connectivity index (χ0n) is 11.9. The van der Waals surface area contributed by atoms with Gasteiger partial charge in [-0.1, -0.05) is 19.0 Å². The number of amides is 2. The van der Waals surface area contributed by atoms with Gasteiger partial charge in [0, 0.05) is 19.4 Å². The second-order valence-corrected chi connectivity index (χ2v) is 5.23. The number of alkyl halides is 2. The highest BCUT2D eigenvalue weighted by molar-refractivity contribution is 5.89. The summed E-state index contributed by atoms with van der Waals surface area (Å²) in [5.74, 6) is -4.85.